The number of ether oxygens (including phenoxy) is 1. The molecule has 0 saturated heterocycles. The minimum atomic E-state index is -0.251. The summed E-state index contributed by atoms with van der Waals surface area (Å²) in [4.78, 5) is 0. The van der Waals surface area contributed by atoms with Crippen LogP contribution in [0.1, 0.15) is 11.6 Å². The monoisotopic (exact) mass is 260 g/mol. The number of hydrogen-bond acceptors (Lipinski definition) is 3. The normalized spacial score (nSPS) is 11.9. The van der Waals surface area contributed by atoms with Crippen LogP contribution in [0.5, 0.6) is 5.75 Å². The summed E-state index contributed by atoms with van der Waals surface area (Å²) < 4.78 is 18.0. The van der Waals surface area contributed by atoms with Crippen LogP contribution in [-0.2, 0) is 0 Å². The van der Waals surface area contributed by atoms with Crippen LogP contribution < -0.4 is 15.8 Å². The van der Waals surface area contributed by atoms with E-state index >= 15 is 0 Å². The number of rotatable bonds is 5. The van der Waals surface area contributed by atoms with Crippen LogP contribution in [0.25, 0.3) is 0 Å². The highest BCUT2D eigenvalue weighted by Gasteiger charge is 2.09. The SMILES string of the molecule is COc1ccc(C(CN)Nc2ccc(F)cc2)cc1. The predicted molar refractivity (Wildman–Crippen MR) is 74.8 cm³/mol. The van der Waals surface area contributed by atoms with Crippen molar-refractivity contribution in [3.63, 3.8) is 0 Å². The van der Waals surface area contributed by atoms with Crippen LogP contribution in [-0.4, -0.2) is 13.7 Å². The standard InChI is InChI=1S/C15H17FN2O/c1-19-14-8-2-11(3-9-14)15(10-17)18-13-6-4-12(16)5-7-13/h2-9,15,18H,10,17H2,1H3. The molecule has 2 aromatic rings. The first-order valence-electron chi connectivity index (χ1n) is 6.09. The summed E-state index contributed by atoms with van der Waals surface area (Å²) in [5, 5.41) is 3.28. The predicted octanol–water partition coefficient (Wildman–Crippen LogP) is 2.95. The van der Waals surface area contributed by atoms with Gasteiger partial charge in [-0.25, -0.2) is 4.39 Å². The highest BCUT2D eigenvalue weighted by molar-refractivity contribution is 5.46. The van der Waals surface area contributed by atoms with Crippen molar-refractivity contribution in [2.24, 2.45) is 5.73 Å². The second kappa shape index (κ2) is 6.20. The van der Waals surface area contributed by atoms with Gasteiger partial charge in [-0.1, -0.05) is 12.1 Å². The Hall–Kier alpha value is -2.07. The summed E-state index contributed by atoms with van der Waals surface area (Å²) in [6, 6.07) is 13.9. The molecule has 1 atom stereocenters. The zero-order chi connectivity index (χ0) is 13.7. The quantitative estimate of drug-likeness (QED) is 0.869. The minimum absolute atomic E-state index is 0.0173. The molecule has 19 heavy (non-hydrogen) atoms. The Balaban J connectivity index is 2.12. The molecule has 0 fully saturated rings. The van der Waals surface area contributed by atoms with Gasteiger partial charge in [-0.3, -0.25) is 0 Å². The van der Waals surface area contributed by atoms with Crippen LogP contribution in [0, 0.1) is 5.82 Å². The fourth-order valence-corrected chi connectivity index (χ4v) is 1.86. The number of hydrogen-bond donors (Lipinski definition) is 2. The maximum atomic E-state index is 12.8. The topological polar surface area (TPSA) is 47.3 Å². The lowest BCUT2D eigenvalue weighted by Crippen LogP contribution is -2.20. The number of methoxy groups -OCH3 is 1. The number of nitrogens with one attached hydrogen (secondary N) is 1. The summed E-state index contributed by atoms with van der Waals surface area (Å²) in [6.07, 6.45) is 0. The first kappa shape index (κ1) is 13.4. The van der Waals surface area contributed by atoms with Gasteiger partial charge in [0.2, 0.25) is 0 Å². The largest absolute Gasteiger partial charge is 0.497 e. The van der Waals surface area contributed by atoms with E-state index in [0.717, 1.165) is 17.0 Å². The number of anilines is 1. The Kier molecular flexibility index (Phi) is 4.36. The Morgan fingerprint density at radius 1 is 1.11 bits per heavy atom. The van der Waals surface area contributed by atoms with Crippen molar-refractivity contribution in [2.45, 2.75) is 6.04 Å². The molecule has 3 nitrogen and oxygen atoms in total. The number of benzene rings is 2. The van der Waals surface area contributed by atoms with Gasteiger partial charge in [-0.2, -0.15) is 0 Å². The summed E-state index contributed by atoms with van der Waals surface area (Å²) in [7, 11) is 1.63. The van der Waals surface area contributed by atoms with E-state index in [9.17, 15) is 4.39 Å². The van der Waals surface area contributed by atoms with Crippen LogP contribution in [0.2, 0.25) is 0 Å². The van der Waals surface area contributed by atoms with Gasteiger partial charge >= 0.3 is 0 Å². The van der Waals surface area contributed by atoms with Gasteiger partial charge in [0.15, 0.2) is 0 Å². The van der Waals surface area contributed by atoms with E-state index in [2.05, 4.69) is 5.32 Å². The van der Waals surface area contributed by atoms with Gasteiger partial charge < -0.3 is 15.8 Å². The lowest BCUT2D eigenvalue weighted by atomic mass is 10.1. The third-order valence-electron chi connectivity index (χ3n) is 2.94. The van der Waals surface area contributed by atoms with E-state index in [0.29, 0.717) is 6.54 Å². The van der Waals surface area contributed by atoms with Gasteiger partial charge in [0, 0.05) is 12.2 Å². The number of halogens is 1. The first-order valence-corrected chi connectivity index (χ1v) is 6.09. The number of nitrogens with two attached hydrogens (primary N) is 1. The van der Waals surface area contributed by atoms with E-state index in [4.69, 9.17) is 10.5 Å². The zero-order valence-electron chi connectivity index (χ0n) is 10.8. The van der Waals surface area contributed by atoms with Crippen molar-refractivity contribution < 1.29 is 9.13 Å². The Labute approximate surface area is 112 Å². The molecule has 1 unspecified atom stereocenters. The summed E-state index contributed by atoms with van der Waals surface area (Å²) in [6.45, 7) is 0.448. The fraction of sp³-hybridized carbons (Fsp3) is 0.200. The summed E-state index contributed by atoms with van der Waals surface area (Å²) in [5.74, 6) is 0.556. The van der Waals surface area contributed by atoms with E-state index in [-0.39, 0.29) is 11.9 Å². The van der Waals surface area contributed by atoms with Crippen molar-refractivity contribution >= 4 is 5.69 Å². The lowest BCUT2D eigenvalue weighted by molar-refractivity contribution is 0.414. The van der Waals surface area contributed by atoms with Crippen molar-refractivity contribution in [1.82, 2.24) is 0 Å². The highest BCUT2D eigenvalue weighted by Crippen LogP contribution is 2.21. The zero-order valence-corrected chi connectivity index (χ0v) is 10.8. The molecule has 0 radical (unpaired) electrons. The van der Waals surface area contributed by atoms with Gasteiger partial charge in [0.1, 0.15) is 11.6 Å². The fourth-order valence-electron chi connectivity index (χ4n) is 1.86. The van der Waals surface area contributed by atoms with Crippen molar-refractivity contribution in [3.8, 4) is 5.75 Å². The van der Waals surface area contributed by atoms with E-state index < -0.39 is 0 Å². The molecule has 0 heterocycles. The second-order valence-corrected chi connectivity index (χ2v) is 4.21. The molecule has 0 aromatic heterocycles. The van der Waals surface area contributed by atoms with Crippen LogP contribution in [0.3, 0.4) is 0 Å². The van der Waals surface area contributed by atoms with Crippen LogP contribution >= 0.6 is 0 Å². The van der Waals surface area contributed by atoms with E-state index in [1.54, 1.807) is 19.2 Å². The first-order chi connectivity index (χ1) is 9.22. The Bertz CT molecular complexity index is 511. The molecule has 0 aliphatic rings. The summed E-state index contributed by atoms with van der Waals surface area (Å²) >= 11 is 0. The van der Waals surface area contributed by atoms with Gasteiger partial charge in [0.05, 0.1) is 13.2 Å². The van der Waals surface area contributed by atoms with Gasteiger partial charge in [-0.15, -0.1) is 0 Å². The average molecular weight is 260 g/mol. The van der Waals surface area contributed by atoms with E-state index in [1.165, 1.54) is 12.1 Å². The molecule has 0 spiro atoms. The Morgan fingerprint density at radius 2 is 1.74 bits per heavy atom. The van der Waals surface area contributed by atoms with E-state index in [1.807, 2.05) is 24.3 Å². The maximum absolute atomic E-state index is 12.8. The van der Waals surface area contributed by atoms with Crippen LogP contribution in [0.4, 0.5) is 10.1 Å². The lowest BCUT2D eigenvalue weighted by Gasteiger charge is -2.19. The molecule has 4 heteroatoms. The molecule has 2 aromatic carbocycles. The minimum Gasteiger partial charge on any atom is -0.497 e. The maximum Gasteiger partial charge on any atom is 0.123 e. The van der Waals surface area contributed by atoms with Crippen molar-refractivity contribution in [1.29, 1.82) is 0 Å². The third-order valence-corrected chi connectivity index (χ3v) is 2.94. The molecule has 0 aliphatic heterocycles. The molecule has 2 rings (SSSR count). The third kappa shape index (κ3) is 3.45. The second-order valence-electron chi connectivity index (χ2n) is 4.21. The van der Waals surface area contributed by atoms with Crippen molar-refractivity contribution in [3.05, 3.63) is 59.9 Å². The highest BCUT2D eigenvalue weighted by atomic mass is 19.1. The molecule has 0 bridgehead atoms. The molecule has 100 valence electrons. The summed E-state index contributed by atoms with van der Waals surface area (Å²) in [5.41, 5.74) is 7.69. The smallest absolute Gasteiger partial charge is 0.123 e. The average Bonchev–Trinajstić information content (AvgIpc) is 2.47. The molecule has 3 N–H and O–H groups in total. The van der Waals surface area contributed by atoms with Crippen molar-refractivity contribution in [2.75, 3.05) is 19.0 Å². The molecular formula is C15H17FN2O. The van der Waals surface area contributed by atoms with Gasteiger partial charge in [0.25, 0.3) is 0 Å². The molecule has 0 amide bonds. The van der Waals surface area contributed by atoms with Crippen LogP contribution in [0.15, 0.2) is 48.5 Å². The Morgan fingerprint density at radius 3 is 2.26 bits per heavy atom. The van der Waals surface area contributed by atoms with Gasteiger partial charge in [-0.05, 0) is 42.0 Å². The molecule has 0 saturated carbocycles. The molecule has 0 aliphatic carbocycles. The molecular weight excluding hydrogens is 243 g/mol.